The van der Waals surface area contributed by atoms with Gasteiger partial charge in [-0.3, -0.25) is 9.59 Å². The molecule has 0 aliphatic carbocycles. The maximum absolute atomic E-state index is 12.4. The van der Waals surface area contributed by atoms with Gasteiger partial charge >= 0.3 is 0 Å². The number of hydrogen-bond donors (Lipinski definition) is 2. The van der Waals surface area contributed by atoms with Crippen LogP contribution in [-0.2, 0) is 9.59 Å². The molecule has 0 bridgehead atoms. The highest BCUT2D eigenvalue weighted by molar-refractivity contribution is 5.78. The third-order valence-electron chi connectivity index (χ3n) is 11.0. The molecule has 0 unspecified atom stereocenters. The van der Waals surface area contributed by atoms with Crippen LogP contribution in [0.3, 0.4) is 0 Å². The van der Waals surface area contributed by atoms with Crippen molar-refractivity contribution in [3.05, 3.63) is 24.3 Å². The zero-order chi connectivity index (χ0) is 38.6. The first-order chi connectivity index (χ1) is 26.1. The molecule has 4 heteroatoms. The molecule has 0 aliphatic heterocycles. The molecule has 4 nitrogen and oxygen atoms in total. The molecule has 0 heterocycles. The lowest BCUT2D eigenvalue weighted by molar-refractivity contribution is -0.122. The molecule has 1 amide bonds. The molecule has 0 aromatic rings. The highest BCUT2D eigenvalue weighted by atomic mass is 16.3. The van der Waals surface area contributed by atoms with Gasteiger partial charge in [0.25, 0.3) is 0 Å². The highest BCUT2D eigenvalue weighted by Crippen LogP contribution is 2.16. The molecule has 1 atom stereocenters. The largest absolute Gasteiger partial charge is 0.394 e. The number of aliphatic hydroxyl groups excluding tert-OH is 1. The van der Waals surface area contributed by atoms with Gasteiger partial charge in [-0.05, 0) is 57.8 Å². The van der Waals surface area contributed by atoms with Crippen molar-refractivity contribution in [2.45, 2.75) is 270 Å². The number of unbranched alkanes of at least 4 members (excludes halogenated alkanes) is 30. The van der Waals surface area contributed by atoms with Gasteiger partial charge in [-0.1, -0.05) is 212 Å². The molecule has 312 valence electrons. The molecule has 53 heavy (non-hydrogen) atoms. The molecule has 0 radical (unpaired) electrons. The summed E-state index contributed by atoms with van der Waals surface area (Å²) in [6.45, 7) is 4.59. The number of allylic oxidation sites excluding steroid dienone is 4. The first-order valence-corrected chi connectivity index (χ1v) is 23.9. The monoisotopic (exact) mass is 744 g/mol. The van der Waals surface area contributed by atoms with Crippen molar-refractivity contribution in [1.29, 1.82) is 0 Å². The van der Waals surface area contributed by atoms with Gasteiger partial charge < -0.3 is 10.4 Å². The van der Waals surface area contributed by atoms with Gasteiger partial charge in [0.1, 0.15) is 5.78 Å². The molecule has 0 aromatic heterocycles. The molecule has 0 saturated heterocycles. The molecule has 0 spiro atoms. The number of aliphatic hydroxyl groups is 1. The number of nitrogens with one attached hydrogen (secondary N) is 1. The number of rotatable bonds is 44. The third-order valence-corrected chi connectivity index (χ3v) is 11.0. The molecule has 0 fully saturated rings. The summed E-state index contributed by atoms with van der Waals surface area (Å²) in [7, 11) is 0. The predicted octanol–water partition coefficient (Wildman–Crippen LogP) is 15.4. The molecule has 0 aromatic carbocycles. The van der Waals surface area contributed by atoms with Crippen LogP contribution in [0.4, 0.5) is 0 Å². The smallest absolute Gasteiger partial charge is 0.220 e. The van der Waals surface area contributed by atoms with E-state index in [1.165, 1.54) is 180 Å². The fourth-order valence-corrected chi connectivity index (χ4v) is 7.37. The van der Waals surface area contributed by atoms with E-state index in [4.69, 9.17) is 0 Å². The Labute approximate surface area is 332 Å². The Hall–Kier alpha value is -1.42. The fourth-order valence-electron chi connectivity index (χ4n) is 7.37. The zero-order valence-electron chi connectivity index (χ0n) is 35.9. The van der Waals surface area contributed by atoms with Crippen LogP contribution >= 0.6 is 0 Å². The average molecular weight is 744 g/mol. The van der Waals surface area contributed by atoms with Crippen molar-refractivity contribution >= 4 is 11.7 Å². The Morgan fingerprint density at radius 3 is 1.21 bits per heavy atom. The minimum Gasteiger partial charge on any atom is -0.394 e. The second-order valence-electron chi connectivity index (χ2n) is 16.4. The number of amides is 1. The maximum Gasteiger partial charge on any atom is 0.220 e. The van der Waals surface area contributed by atoms with Gasteiger partial charge in [0.2, 0.25) is 5.91 Å². The Bertz CT molecular complexity index is 806. The van der Waals surface area contributed by atoms with Crippen LogP contribution in [-0.4, -0.2) is 29.4 Å². The van der Waals surface area contributed by atoms with Crippen molar-refractivity contribution in [3.8, 4) is 0 Å². The Morgan fingerprint density at radius 1 is 0.434 bits per heavy atom. The van der Waals surface area contributed by atoms with Crippen LogP contribution in [0.25, 0.3) is 0 Å². The third kappa shape index (κ3) is 43.2. The normalized spacial score (nSPS) is 12.4. The zero-order valence-corrected chi connectivity index (χ0v) is 35.9. The van der Waals surface area contributed by atoms with E-state index in [2.05, 4.69) is 43.5 Å². The summed E-state index contributed by atoms with van der Waals surface area (Å²) in [4.78, 5) is 24.6. The minimum atomic E-state index is -0.0821. The van der Waals surface area contributed by atoms with Crippen LogP contribution in [0.15, 0.2) is 24.3 Å². The molecular formula is C49H93NO3. The highest BCUT2D eigenvalue weighted by Gasteiger charge is 2.11. The number of carbonyl (C=O) groups excluding carboxylic acids is 2. The fraction of sp³-hybridized carbons (Fsp3) is 0.878. The van der Waals surface area contributed by atoms with E-state index in [0.29, 0.717) is 12.2 Å². The van der Waals surface area contributed by atoms with E-state index in [-0.39, 0.29) is 18.6 Å². The number of Topliss-reactive ketones (excluding diaryl/α,β-unsaturated/α-hetero) is 1. The van der Waals surface area contributed by atoms with Crippen molar-refractivity contribution in [3.63, 3.8) is 0 Å². The van der Waals surface area contributed by atoms with Crippen LogP contribution in [0.1, 0.15) is 264 Å². The number of ketones is 1. The summed E-state index contributed by atoms with van der Waals surface area (Å²) in [5.41, 5.74) is 0. The molecule has 2 N–H and O–H groups in total. The Balaban J connectivity index is 3.44. The van der Waals surface area contributed by atoms with Gasteiger partial charge in [0.15, 0.2) is 0 Å². The molecular weight excluding hydrogens is 651 g/mol. The second-order valence-corrected chi connectivity index (χ2v) is 16.4. The van der Waals surface area contributed by atoms with Gasteiger partial charge in [0, 0.05) is 19.3 Å². The topological polar surface area (TPSA) is 66.4 Å². The summed E-state index contributed by atoms with van der Waals surface area (Å²) in [5.74, 6) is 0.562. The average Bonchev–Trinajstić information content (AvgIpc) is 3.16. The molecule has 0 saturated carbocycles. The molecule has 0 rings (SSSR count). The van der Waals surface area contributed by atoms with Gasteiger partial charge in [-0.15, -0.1) is 0 Å². The number of carbonyl (C=O) groups is 2. The van der Waals surface area contributed by atoms with Gasteiger partial charge in [0.05, 0.1) is 12.6 Å². The lowest BCUT2D eigenvalue weighted by Crippen LogP contribution is -2.37. The van der Waals surface area contributed by atoms with E-state index >= 15 is 0 Å². The van der Waals surface area contributed by atoms with Crippen molar-refractivity contribution in [2.24, 2.45) is 0 Å². The SMILES string of the molecule is CCCCC/C=C\C/C=C\CCCCCCCC(=O)CCCCCCCCCCC(=O)N[C@@H](CO)CCCCCCCCCCCCCCCCCC. The summed E-state index contributed by atoms with van der Waals surface area (Å²) in [5, 5.41) is 12.8. The van der Waals surface area contributed by atoms with Crippen molar-refractivity contribution in [1.82, 2.24) is 5.32 Å². The Morgan fingerprint density at radius 2 is 0.774 bits per heavy atom. The summed E-state index contributed by atoms with van der Waals surface area (Å²) >= 11 is 0. The quantitative estimate of drug-likeness (QED) is 0.0482. The van der Waals surface area contributed by atoms with Crippen LogP contribution in [0.2, 0.25) is 0 Å². The van der Waals surface area contributed by atoms with E-state index in [9.17, 15) is 14.7 Å². The van der Waals surface area contributed by atoms with Gasteiger partial charge in [-0.2, -0.15) is 0 Å². The van der Waals surface area contributed by atoms with Gasteiger partial charge in [-0.25, -0.2) is 0 Å². The van der Waals surface area contributed by atoms with E-state index in [0.717, 1.165) is 64.2 Å². The lowest BCUT2D eigenvalue weighted by Gasteiger charge is -2.16. The van der Waals surface area contributed by atoms with Crippen LogP contribution in [0.5, 0.6) is 0 Å². The maximum atomic E-state index is 12.4. The second kappa shape index (κ2) is 45.0. The van der Waals surface area contributed by atoms with Crippen LogP contribution in [0, 0.1) is 0 Å². The summed E-state index contributed by atoms with van der Waals surface area (Å²) in [6, 6.07) is -0.0821. The Kier molecular flexibility index (Phi) is 43.8. The lowest BCUT2D eigenvalue weighted by atomic mass is 10.0. The summed E-state index contributed by atoms with van der Waals surface area (Å²) < 4.78 is 0. The van der Waals surface area contributed by atoms with Crippen molar-refractivity contribution < 1.29 is 14.7 Å². The first kappa shape index (κ1) is 51.6. The molecule has 0 aliphatic rings. The van der Waals surface area contributed by atoms with E-state index in [1.807, 2.05) is 0 Å². The standard InChI is InChI=1S/C49H93NO3/c1-3-5-7-9-11-13-15-17-19-21-22-24-26-30-34-38-42-47(46-51)50-49(53)45-41-37-33-29-28-32-36-40-44-48(52)43-39-35-31-27-25-23-20-18-16-14-12-10-8-6-4-2/h12,14,18,20,47,51H,3-11,13,15-17,19,21-46H2,1-2H3,(H,50,53)/b14-12-,20-18-/t47-/m1/s1. The first-order valence-electron chi connectivity index (χ1n) is 23.9. The summed E-state index contributed by atoms with van der Waals surface area (Å²) in [6.07, 6.45) is 56.7. The number of hydrogen-bond acceptors (Lipinski definition) is 3. The van der Waals surface area contributed by atoms with Crippen LogP contribution < -0.4 is 5.32 Å². The predicted molar refractivity (Wildman–Crippen MR) is 234 cm³/mol. The van der Waals surface area contributed by atoms with E-state index in [1.54, 1.807) is 0 Å². The minimum absolute atomic E-state index is 0.0479. The van der Waals surface area contributed by atoms with E-state index < -0.39 is 0 Å². The van der Waals surface area contributed by atoms with Crippen molar-refractivity contribution in [2.75, 3.05) is 6.61 Å².